The highest BCUT2D eigenvalue weighted by Gasteiger charge is 2.51. The lowest BCUT2D eigenvalue weighted by Crippen LogP contribution is -2.41. The molecule has 0 aromatic carbocycles. The second-order valence-corrected chi connectivity index (χ2v) is 10.5. The van der Waals surface area contributed by atoms with Crippen LogP contribution < -0.4 is 0 Å². The third kappa shape index (κ3) is 4.63. The Morgan fingerprint density at radius 3 is 2.34 bits per heavy atom. The summed E-state index contributed by atoms with van der Waals surface area (Å²) in [5.41, 5.74) is -0.453. The van der Waals surface area contributed by atoms with Crippen molar-refractivity contribution < 1.29 is 24.9 Å². The predicted octanol–water partition coefficient (Wildman–Crippen LogP) is 5.91. The van der Waals surface area contributed by atoms with E-state index < -0.39 is 34.3 Å². The molecule has 1 fully saturated rings. The van der Waals surface area contributed by atoms with Crippen LogP contribution in [-0.4, -0.2) is 32.5 Å². The molecule has 5 heteroatoms. The first kappa shape index (κ1) is 26.1. The van der Waals surface area contributed by atoms with Crippen LogP contribution in [-0.2, 0) is 9.59 Å². The van der Waals surface area contributed by atoms with Crippen molar-refractivity contribution in [2.45, 2.75) is 86.2 Å². The van der Waals surface area contributed by atoms with E-state index in [0.717, 1.165) is 17.6 Å². The van der Waals surface area contributed by atoms with Crippen LogP contribution in [0.25, 0.3) is 0 Å². The molecule has 178 valence electrons. The zero-order valence-corrected chi connectivity index (χ0v) is 20.7. The zero-order chi connectivity index (χ0) is 24.6. The Balaban J connectivity index is 2.69. The molecule has 0 saturated heterocycles. The highest BCUT2D eigenvalue weighted by atomic mass is 16.3. The van der Waals surface area contributed by atoms with E-state index in [1.54, 1.807) is 20.8 Å². The first-order valence-electron chi connectivity index (χ1n) is 11.6. The van der Waals surface area contributed by atoms with Gasteiger partial charge in [-0.25, -0.2) is 0 Å². The van der Waals surface area contributed by atoms with E-state index in [4.69, 9.17) is 0 Å². The van der Waals surface area contributed by atoms with E-state index in [1.807, 2.05) is 33.8 Å². The molecule has 1 saturated carbocycles. The number of aliphatic hydroxyl groups is 3. The van der Waals surface area contributed by atoms with Crippen LogP contribution in [0.5, 0.6) is 0 Å². The van der Waals surface area contributed by atoms with Gasteiger partial charge < -0.3 is 15.3 Å². The zero-order valence-electron chi connectivity index (χ0n) is 20.7. The van der Waals surface area contributed by atoms with E-state index >= 15 is 0 Å². The molecule has 0 aromatic heterocycles. The van der Waals surface area contributed by atoms with Crippen LogP contribution in [0.4, 0.5) is 0 Å². The van der Waals surface area contributed by atoms with Crippen molar-refractivity contribution in [3.8, 4) is 0 Å². The lowest BCUT2D eigenvalue weighted by Gasteiger charge is -2.37. The molecule has 0 spiro atoms. The second kappa shape index (κ2) is 9.38. The van der Waals surface area contributed by atoms with Crippen molar-refractivity contribution in [1.29, 1.82) is 0 Å². The fourth-order valence-corrected chi connectivity index (χ4v) is 4.98. The molecule has 0 amide bonds. The summed E-state index contributed by atoms with van der Waals surface area (Å²) in [5.74, 6) is -2.29. The molecule has 32 heavy (non-hydrogen) atoms. The van der Waals surface area contributed by atoms with Crippen LogP contribution in [0, 0.1) is 23.2 Å². The maximum atomic E-state index is 13.5. The lowest BCUT2D eigenvalue weighted by molar-refractivity contribution is -0.128. The number of hydrogen-bond donors (Lipinski definition) is 3. The van der Waals surface area contributed by atoms with Crippen LogP contribution in [0.15, 0.2) is 46.5 Å². The Labute approximate surface area is 192 Å². The number of ketones is 2. The summed E-state index contributed by atoms with van der Waals surface area (Å²) >= 11 is 0. The molecule has 2 aliphatic rings. The molecular formula is C27H40O5. The SMILES string of the molecule is C=C(C)C1CCC(C)(O)C1CC1=C(O)C(C)(CC=C(C)C)C(=O)C(C(=O)C(C)CC)=C1O. The average Bonchev–Trinajstić information content (AvgIpc) is 3.01. The normalized spacial score (nSPS) is 31.7. The van der Waals surface area contributed by atoms with Crippen LogP contribution in [0.3, 0.4) is 0 Å². The molecule has 2 rings (SSSR count). The Bertz CT molecular complexity index is 897. The minimum atomic E-state index is -1.35. The number of aliphatic hydroxyl groups excluding tert-OH is 2. The lowest BCUT2D eigenvalue weighted by atomic mass is 9.67. The van der Waals surface area contributed by atoms with Gasteiger partial charge in [0.1, 0.15) is 17.1 Å². The quantitative estimate of drug-likeness (QED) is 0.319. The molecule has 5 nitrogen and oxygen atoms in total. The number of allylic oxidation sites excluding steroid dienone is 6. The molecule has 5 atom stereocenters. The van der Waals surface area contributed by atoms with E-state index in [0.29, 0.717) is 12.8 Å². The van der Waals surface area contributed by atoms with Crippen molar-refractivity contribution in [3.05, 3.63) is 46.5 Å². The monoisotopic (exact) mass is 444 g/mol. The Morgan fingerprint density at radius 1 is 1.25 bits per heavy atom. The smallest absolute Gasteiger partial charge is 0.183 e. The summed E-state index contributed by atoms with van der Waals surface area (Å²) in [4.78, 5) is 26.6. The minimum absolute atomic E-state index is 0.0217. The van der Waals surface area contributed by atoms with Crippen molar-refractivity contribution in [2.75, 3.05) is 0 Å². The van der Waals surface area contributed by atoms with Crippen molar-refractivity contribution in [1.82, 2.24) is 0 Å². The predicted molar refractivity (Wildman–Crippen MR) is 127 cm³/mol. The number of hydrogen-bond acceptors (Lipinski definition) is 5. The fourth-order valence-electron chi connectivity index (χ4n) is 4.98. The summed E-state index contributed by atoms with van der Waals surface area (Å²) in [6.07, 6.45) is 4.13. The van der Waals surface area contributed by atoms with E-state index in [9.17, 15) is 24.9 Å². The van der Waals surface area contributed by atoms with Gasteiger partial charge in [0, 0.05) is 11.5 Å². The summed E-state index contributed by atoms with van der Waals surface area (Å²) in [5, 5.41) is 33.5. The molecule has 2 aliphatic carbocycles. The van der Waals surface area contributed by atoms with Gasteiger partial charge in [-0.3, -0.25) is 9.59 Å². The highest BCUT2D eigenvalue weighted by molar-refractivity contribution is 6.24. The van der Waals surface area contributed by atoms with Crippen LogP contribution >= 0.6 is 0 Å². The summed E-state index contributed by atoms with van der Waals surface area (Å²) in [7, 11) is 0. The average molecular weight is 445 g/mol. The van der Waals surface area contributed by atoms with Crippen LogP contribution in [0.1, 0.15) is 80.6 Å². The standard InChI is InChI=1S/C27H40O5/c1-9-17(6)22(28)21-23(29)19(14-20-18(16(4)5)11-13-27(20,8)32)24(30)26(7,25(21)31)12-10-15(2)3/h10,17-18,20,29-30,32H,4,9,11-14H2,1-3,5-8H3. The summed E-state index contributed by atoms with van der Waals surface area (Å²) in [6.45, 7) is 16.8. The second-order valence-electron chi connectivity index (χ2n) is 10.5. The summed E-state index contributed by atoms with van der Waals surface area (Å²) < 4.78 is 0. The van der Waals surface area contributed by atoms with Gasteiger partial charge in [0.05, 0.1) is 11.0 Å². The number of carbonyl (C=O) groups is 2. The topological polar surface area (TPSA) is 94.8 Å². The van der Waals surface area contributed by atoms with Crippen molar-refractivity contribution in [2.24, 2.45) is 23.2 Å². The van der Waals surface area contributed by atoms with Gasteiger partial charge in [-0.1, -0.05) is 37.6 Å². The molecule has 0 heterocycles. The maximum Gasteiger partial charge on any atom is 0.183 e. The number of rotatable bonds is 8. The molecule has 5 unspecified atom stereocenters. The first-order valence-corrected chi connectivity index (χ1v) is 11.6. The Kier molecular flexibility index (Phi) is 7.66. The Hall–Kier alpha value is -2.14. The van der Waals surface area contributed by atoms with E-state index in [2.05, 4.69) is 6.58 Å². The van der Waals surface area contributed by atoms with Crippen molar-refractivity contribution in [3.63, 3.8) is 0 Å². The van der Waals surface area contributed by atoms with E-state index in [-0.39, 0.29) is 41.6 Å². The highest BCUT2D eigenvalue weighted by Crippen LogP contribution is 2.50. The molecule has 3 N–H and O–H groups in total. The minimum Gasteiger partial charge on any atom is -0.511 e. The Morgan fingerprint density at radius 2 is 1.84 bits per heavy atom. The molecule has 0 bridgehead atoms. The molecule has 0 aromatic rings. The van der Waals surface area contributed by atoms with Crippen molar-refractivity contribution >= 4 is 11.6 Å². The number of Topliss-reactive ketones (excluding diaryl/α,β-unsaturated/α-hetero) is 2. The first-order chi connectivity index (χ1) is 14.7. The van der Waals surface area contributed by atoms with E-state index in [1.165, 1.54) is 0 Å². The third-order valence-electron chi connectivity index (χ3n) is 7.59. The van der Waals surface area contributed by atoms with Gasteiger partial charge in [-0.2, -0.15) is 0 Å². The number of carbonyl (C=O) groups excluding carboxylic acids is 2. The van der Waals surface area contributed by atoms with Gasteiger partial charge in [0.2, 0.25) is 0 Å². The maximum absolute atomic E-state index is 13.5. The third-order valence-corrected chi connectivity index (χ3v) is 7.59. The van der Waals surface area contributed by atoms with Crippen LogP contribution in [0.2, 0.25) is 0 Å². The molecule has 0 aliphatic heterocycles. The van der Waals surface area contributed by atoms with Gasteiger partial charge in [-0.15, -0.1) is 0 Å². The van der Waals surface area contributed by atoms with Gasteiger partial charge in [0.15, 0.2) is 11.6 Å². The van der Waals surface area contributed by atoms with Gasteiger partial charge in [-0.05, 0) is 78.6 Å². The van der Waals surface area contributed by atoms with Gasteiger partial charge in [0.25, 0.3) is 0 Å². The molecule has 0 radical (unpaired) electrons. The molecular weight excluding hydrogens is 404 g/mol. The summed E-state index contributed by atoms with van der Waals surface area (Å²) in [6, 6.07) is 0. The fraction of sp³-hybridized carbons (Fsp3) is 0.630. The van der Waals surface area contributed by atoms with Gasteiger partial charge >= 0.3 is 0 Å². The largest absolute Gasteiger partial charge is 0.511 e.